The molecule has 2 N–H and O–H groups in total. The predicted octanol–water partition coefficient (Wildman–Crippen LogP) is 4.11. The topological polar surface area (TPSA) is 24.1 Å². The average Bonchev–Trinajstić information content (AvgIpc) is 2.35. The third-order valence-electron chi connectivity index (χ3n) is 4.30. The van der Waals surface area contributed by atoms with Gasteiger partial charge in [-0.05, 0) is 55.1 Å². The van der Waals surface area contributed by atoms with Crippen LogP contribution in [0.15, 0.2) is 24.3 Å². The Balaban J connectivity index is 1.90. The van der Waals surface area contributed by atoms with Crippen LogP contribution in [0.25, 0.3) is 0 Å². The van der Waals surface area contributed by atoms with E-state index in [4.69, 9.17) is 12.2 Å². The molecule has 0 spiro atoms. The predicted molar refractivity (Wildman–Crippen MR) is 86.5 cm³/mol. The first-order valence-corrected chi connectivity index (χ1v) is 7.61. The van der Waals surface area contributed by atoms with Crippen molar-refractivity contribution in [3.8, 4) is 0 Å². The minimum atomic E-state index is 0.508. The Hall–Kier alpha value is -1.09. The van der Waals surface area contributed by atoms with Crippen molar-refractivity contribution in [2.75, 3.05) is 5.32 Å². The molecule has 0 saturated heterocycles. The Morgan fingerprint density at radius 1 is 1.26 bits per heavy atom. The van der Waals surface area contributed by atoms with E-state index in [0.717, 1.165) is 16.7 Å². The van der Waals surface area contributed by atoms with E-state index in [1.165, 1.54) is 24.8 Å². The number of nitrogens with one attached hydrogen (secondary N) is 2. The van der Waals surface area contributed by atoms with Gasteiger partial charge in [-0.25, -0.2) is 0 Å². The molecule has 2 rings (SSSR count). The lowest BCUT2D eigenvalue weighted by Crippen LogP contribution is -2.45. The fourth-order valence-corrected chi connectivity index (χ4v) is 3.11. The third-order valence-corrected chi connectivity index (χ3v) is 4.52. The Morgan fingerprint density at radius 3 is 2.79 bits per heavy atom. The van der Waals surface area contributed by atoms with Gasteiger partial charge in [-0.3, -0.25) is 0 Å². The quantitative estimate of drug-likeness (QED) is 0.795. The lowest BCUT2D eigenvalue weighted by molar-refractivity contribution is 0.225. The number of benzene rings is 1. The van der Waals surface area contributed by atoms with E-state index in [1.807, 2.05) is 12.1 Å². The van der Waals surface area contributed by atoms with E-state index in [-0.39, 0.29) is 0 Å². The smallest absolute Gasteiger partial charge is 0.171 e. The van der Waals surface area contributed by atoms with Crippen molar-refractivity contribution in [1.29, 1.82) is 0 Å². The molecular weight excluding hydrogens is 252 g/mol. The van der Waals surface area contributed by atoms with Gasteiger partial charge in [-0.2, -0.15) is 0 Å². The molecule has 1 fully saturated rings. The molecule has 0 unspecified atom stereocenters. The summed E-state index contributed by atoms with van der Waals surface area (Å²) in [5.74, 6) is 1.47. The molecule has 1 aliphatic carbocycles. The largest absolute Gasteiger partial charge is 0.359 e. The van der Waals surface area contributed by atoms with Gasteiger partial charge in [0.15, 0.2) is 5.11 Å². The molecule has 1 aliphatic rings. The normalized spacial score (nSPS) is 26.8. The van der Waals surface area contributed by atoms with Gasteiger partial charge < -0.3 is 10.6 Å². The van der Waals surface area contributed by atoms with E-state index in [0.29, 0.717) is 12.0 Å². The fourth-order valence-electron chi connectivity index (χ4n) is 2.84. The van der Waals surface area contributed by atoms with Crippen LogP contribution >= 0.6 is 12.2 Å². The maximum atomic E-state index is 5.43. The van der Waals surface area contributed by atoms with Crippen LogP contribution in [0.5, 0.6) is 0 Å². The molecule has 1 saturated carbocycles. The minimum absolute atomic E-state index is 0.508. The highest BCUT2D eigenvalue weighted by atomic mass is 32.1. The van der Waals surface area contributed by atoms with E-state index >= 15 is 0 Å². The summed E-state index contributed by atoms with van der Waals surface area (Å²) in [5.41, 5.74) is 2.31. The standard InChI is InChI=1S/C16H24N2S/c1-11-6-4-8-14(10-11)17-16(19)18-15-9-5-7-12(2)13(15)3/h4,6,8,10,12-13,15H,5,7,9H2,1-3H3,(H2,17,18,19)/t12-,13-,15-/m0/s1. The molecule has 3 heteroatoms. The molecule has 0 amide bonds. The third kappa shape index (κ3) is 3.93. The summed E-state index contributed by atoms with van der Waals surface area (Å²) < 4.78 is 0. The van der Waals surface area contributed by atoms with Crippen molar-refractivity contribution in [3.63, 3.8) is 0 Å². The fraction of sp³-hybridized carbons (Fsp3) is 0.562. The molecule has 1 aromatic carbocycles. The summed E-state index contributed by atoms with van der Waals surface area (Å²) in [4.78, 5) is 0. The van der Waals surface area contributed by atoms with Gasteiger partial charge in [0.1, 0.15) is 0 Å². The molecule has 19 heavy (non-hydrogen) atoms. The summed E-state index contributed by atoms with van der Waals surface area (Å²) in [6.07, 6.45) is 3.87. The number of hydrogen-bond acceptors (Lipinski definition) is 1. The Kier molecular flexibility index (Phi) is 4.81. The zero-order valence-electron chi connectivity index (χ0n) is 12.1. The van der Waals surface area contributed by atoms with Gasteiger partial charge in [-0.15, -0.1) is 0 Å². The van der Waals surface area contributed by atoms with Gasteiger partial charge in [0.05, 0.1) is 0 Å². The number of rotatable bonds is 2. The summed E-state index contributed by atoms with van der Waals surface area (Å²) in [6, 6.07) is 8.81. The van der Waals surface area contributed by atoms with Crippen LogP contribution in [0.2, 0.25) is 0 Å². The molecule has 0 radical (unpaired) electrons. The second kappa shape index (κ2) is 6.38. The van der Waals surface area contributed by atoms with Crippen molar-refractivity contribution >= 4 is 23.0 Å². The average molecular weight is 276 g/mol. The molecular formula is C16H24N2S. The zero-order chi connectivity index (χ0) is 13.8. The van der Waals surface area contributed by atoms with Crippen LogP contribution in [0.4, 0.5) is 5.69 Å². The van der Waals surface area contributed by atoms with Crippen LogP contribution in [-0.2, 0) is 0 Å². The highest BCUT2D eigenvalue weighted by molar-refractivity contribution is 7.80. The van der Waals surface area contributed by atoms with Crippen molar-refractivity contribution in [1.82, 2.24) is 5.32 Å². The number of thiocarbonyl (C=S) groups is 1. The SMILES string of the molecule is Cc1cccc(NC(=S)N[C@H]2CCC[C@H](C)[C@@H]2C)c1. The zero-order valence-corrected chi connectivity index (χ0v) is 12.9. The van der Waals surface area contributed by atoms with Crippen LogP contribution < -0.4 is 10.6 Å². The number of hydrogen-bond donors (Lipinski definition) is 2. The van der Waals surface area contributed by atoms with Gasteiger partial charge in [0.25, 0.3) is 0 Å². The molecule has 1 aromatic rings. The lowest BCUT2D eigenvalue weighted by atomic mass is 9.78. The number of anilines is 1. The van der Waals surface area contributed by atoms with Crippen LogP contribution in [0.3, 0.4) is 0 Å². The maximum absolute atomic E-state index is 5.43. The molecule has 2 nitrogen and oxygen atoms in total. The van der Waals surface area contributed by atoms with E-state index in [1.54, 1.807) is 0 Å². The van der Waals surface area contributed by atoms with Crippen molar-refractivity contribution in [3.05, 3.63) is 29.8 Å². The van der Waals surface area contributed by atoms with Crippen LogP contribution in [0, 0.1) is 18.8 Å². The second-order valence-electron chi connectivity index (χ2n) is 5.84. The Labute approximate surface area is 122 Å². The first-order valence-electron chi connectivity index (χ1n) is 7.20. The molecule has 0 bridgehead atoms. The first-order chi connectivity index (χ1) is 9.06. The summed E-state index contributed by atoms with van der Waals surface area (Å²) in [5, 5.41) is 7.52. The van der Waals surface area contributed by atoms with Crippen molar-refractivity contribution in [2.45, 2.75) is 46.1 Å². The van der Waals surface area contributed by atoms with E-state index in [9.17, 15) is 0 Å². The molecule has 3 atom stereocenters. The second-order valence-corrected chi connectivity index (χ2v) is 6.25. The van der Waals surface area contributed by atoms with Crippen molar-refractivity contribution < 1.29 is 0 Å². The van der Waals surface area contributed by atoms with Gasteiger partial charge in [-0.1, -0.05) is 38.8 Å². The van der Waals surface area contributed by atoms with Crippen LogP contribution in [0.1, 0.15) is 38.7 Å². The Morgan fingerprint density at radius 2 is 2.05 bits per heavy atom. The first kappa shape index (κ1) is 14.3. The number of aryl methyl sites for hydroxylation is 1. The van der Waals surface area contributed by atoms with E-state index < -0.39 is 0 Å². The summed E-state index contributed by atoms with van der Waals surface area (Å²) >= 11 is 5.43. The highest BCUT2D eigenvalue weighted by Gasteiger charge is 2.27. The monoisotopic (exact) mass is 276 g/mol. The summed E-state index contributed by atoms with van der Waals surface area (Å²) in [7, 11) is 0. The highest BCUT2D eigenvalue weighted by Crippen LogP contribution is 2.29. The Bertz CT molecular complexity index is 444. The van der Waals surface area contributed by atoms with E-state index in [2.05, 4.69) is 43.5 Å². The molecule has 0 heterocycles. The van der Waals surface area contributed by atoms with Crippen molar-refractivity contribution in [2.24, 2.45) is 11.8 Å². The van der Waals surface area contributed by atoms with Crippen LogP contribution in [-0.4, -0.2) is 11.2 Å². The summed E-state index contributed by atoms with van der Waals surface area (Å²) in [6.45, 7) is 6.76. The minimum Gasteiger partial charge on any atom is -0.359 e. The lowest BCUT2D eigenvalue weighted by Gasteiger charge is -2.35. The molecule has 0 aromatic heterocycles. The van der Waals surface area contributed by atoms with Gasteiger partial charge in [0, 0.05) is 11.7 Å². The maximum Gasteiger partial charge on any atom is 0.171 e. The van der Waals surface area contributed by atoms with Gasteiger partial charge in [0.2, 0.25) is 0 Å². The molecule has 0 aliphatic heterocycles. The molecule has 104 valence electrons. The van der Waals surface area contributed by atoms with Gasteiger partial charge >= 0.3 is 0 Å².